The summed E-state index contributed by atoms with van der Waals surface area (Å²) in [5, 5.41) is 18.3. The van der Waals surface area contributed by atoms with Crippen molar-refractivity contribution in [3.8, 4) is 0 Å². The van der Waals surface area contributed by atoms with Crippen molar-refractivity contribution in [2.24, 2.45) is 5.92 Å². The molecule has 0 aromatic rings. The van der Waals surface area contributed by atoms with Crippen molar-refractivity contribution < 1.29 is 52.6 Å². The smallest absolute Gasteiger partial charge is 0.462 e. The number of hydrogen-bond acceptors (Lipinski definition) is 10. The number of rotatable bonds is 41. The van der Waals surface area contributed by atoms with Crippen LogP contribution in [0.15, 0.2) is 48.6 Å². The number of phosphoric ester groups is 1. The molecule has 336 valence electrons. The van der Waals surface area contributed by atoms with E-state index >= 15 is 0 Å². The van der Waals surface area contributed by atoms with Gasteiger partial charge in [0, 0.05) is 19.3 Å². The maximum Gasteiger partial charge on any atom is 0.472 e. The van der Waals surface area contributed by atoms with Crippen LogP contribution in [0.25, 0.3) is 0 Å². The summed E-state index contributed by atoms with van der Waals surface area (Å²) in [6.45, 7) is 4.48. The molecule has 3 N–H and O–H groups in total. The van der Waals surface area contributed by atoms with E-state index in [1.54, 1.807) is 12.2 Å². The number of carbonyl (C=O) groups is 3. The molecule has 0 rings (SSSR count). The van der Waals surface area contributed by atoms with Crippen LogP contribution >= 0.6 is 7.82 Å². The van der Waals surface area contributed by atoms with E-state index in [-0.39, 0.29) is 25.2 Å². The number of esters is 2. The van der Waals surface area contributed by atoms with Crippen LogP contribution in [0.4, 0.5) is 0 Å². The number of hydrogen-bond donors (Lipinski definition) is 3. The minimum atomic E-state index is -4.65. The molecule has 11 nitrogen and oxygen atoms in total. The molecule has 0 aromatic carbocycles. The summed E-state index contributed by atoms with van der Waals surface area (Å²) >= 11 is 0. The molecule has 0 aliphatic carbocycles. The maximum atomic E-state index is 12.6. The van der Waals surface area contributed by atoms with Gasteiger partial charge < -0.3 is 24.6 Å². The lowest BCUT2D eigenvalue weighted by atomic mass is 10.0. The molecule has 3 atom stereocenters. The lowest BCUT2D eigenvalue weighted by Crippen LogP contribution is -2.29. The van der Waals surface area contributed by atoms with E-state index in [0.717, 1.165) is 57.3 Å². The van der Waals surface area contributed by atoms with Gasteiger partial charge in [0.2, 0.25) is 0 Å². The van der Waals surface area contributed by atoms with Crippen LogP contribution in [-0.4, -0.2) is 71.5 Å². The molecule has 0 bridgehead atoms. The van der Waals surface area contributed by atoms with Crippen LogP contribution in [0, 0.1) is 5.92 Å². The lowest BCUT2D eigenvalue weighted by molar-refractivity contribution is -0.161. The molecule has 0 saturated heterocycles. The van der Waals surface area contributed by atoms with Crippen molar-refractivity contribution in [2.75, 3.05) is 26.4 Å². The van der Waals surface area contributed by atoms with E-state index in [1.807, 2.05) is 36.5 Å². The van der Waals surface area contributed by atoms with Gasteiger partial charge in [0.15, 0.2) is 11.9 Å². The fourth-order valence-electron chi connectivity index (χ4n) is 5.89. The molecule has 0 radical (unpaired) electrons. The molecule has 12 heteroatoms. The maximum absolute atomic E-state index is 12.6. The summed E-state index contributed by atoms with van der Waals surface area (Å²) in [5.74, 6) is -0.0492. The first-order chi connectivity index (χ1) is 28.0. The first-order valence-electron chi connectivity index (χ1n) is 22.4. The molecule has 0 saturated carbocycles. The number of ketones is 1. The molecular weight excluding hydrogens is 759 g/mol. The van der Waals surface area contributed by atoms with Gasteiger partial charge in [-0.25, -0.2) is 4.57 Å². The third kappa shape index (κ3) is 40.4. The van der Waals surface area contributed by atoms with E-state index in [2.05, 4.69) is 25.3 Å². The zero-order chi connectivity index (χ0) is 43.0. The fourth-order valence-corrected chi connectivity index (χ4v) is 6.68. The number of phosphoric acid groups is 1. The summed E-state index contributed by atoms with van der Waals surface area (Å²) in [6.07, 6.45) is 37.8. The highest BCUT2D eigenvalue weighted by molar-refractivity contribution is 7.47. The summed E-state index contributed by atoms with van der Waals surface area (Å²) in [5.41, 5.74) is 0. The van der Waals surface area contributed by atoms with Gasteiger partial charge in [-0.1, -0.05) is 166 Å². The number of unbranched alkanes of at least 4 members (excludes halogenated alkanes) is 16. The highest BCUT2D eigenvalue weighted by atomic mass is 31.2. The molecule has 0 fully saturated rings. The number of aliphatic hydroxyl groups excluding tert-OH is 2. The van der Waals surface area contributed by atoms with Gasteiger partial charge in [-0.05, 0) is 50.5 Å². The zero-order valence-electron chi connectivity index (χ0n) is 36.4. The topological polar surface area (TPSA) is 166 Å². The Kier molecular flexibility index (Phi) is 38.4. The Morgan fingerprint density at radius 1 is 0.621 bits per heavy atom. The Labute approximate surface area is 351 Å². The van der Waals surface area contributed by atoms with Crippen LogP contribution in [0.1, 0.15) is 181 Å². The van der Waals surface area contributed by atoms with Gasteiger partial charge in [-0.15, -0.1) is 0 Å². The quantitative estimate of drug-likeness (QED) is 0.0134. The number of ether oxygens (including phenoxy) is 2. The predicted octanol–water partition coefficient (Wildman–Crippen LogP) is 11.2. The molecular formula is C46H81O11P. The highest BCUT2D eigenvalue weighted by Gasteiger charge is 2.27. The Morgan fingerprint density at radius 2 is 1.16 bits per heavy atom. The first-order valence-corrected chi connectivity index (χ1v) is 23.9. The second kappa shape index (κ2) is 40.0. The molecule has 0 aromatic heterocycles. The van der Waals surface area contributed by atoms with Gasteiger partial charge in [0.25, 0.3) is 0 Å². The van der Waals surface area contributed by atoms with Crippen LogP contribution in [0.5, 0.6) is 0 Å². The van der Waals surface area contributed by atoms with Gasteiger partial charge in [-0.2, -0.15) is 0 Å². The third-order valence-corrected chi connectivity index (χ3v) is 10.3. The van der Waals surface area contributed by atoms with Crippen molar-refractivity contribution >= 4 is 25.5 Å². The number of aliphatic hydroxyl groups is 2. The van der Waals surface area contributed by atoms with E-state index in [9.17, 15) is 28.9 Å². The Hall–Kier alpha value is -2.40. The monoisotopic (exact) mass is 841 g/mol. The van der Waals surface area contributed by atoms with Crippen molar-refractivity contribution in [1.82, 2.24) is 0 Å². The van der Waals surface area contributed by atoms with Crippen LogP contribution in [-0.2, 0) is 37.5 Å². The van der Waals surface area contributed by atoms with E-state index < -0.39 is 51.8 Å². The first kappa shape index (κ1) is 55.6. The Bertz CT molecular complexity index is 1180. The van der Waals surface area contributed by atoms with E-state index in [1.165, 1.54) is 70.6 Å². The highest BCUT2D eigenvalue weighted by Crippen LogP contribution is 2.43. The molecule has 0 heterocycles. The van der Waals surface area contributed by atoms with Crippen molar-refractivity contribution in [3.63, 3.8) is 0 Å². The van der Waals surface area contributed by atoms with Gasteiger partial charge in [0.1, 0.15) is 12.7 Å². The van der Waals surface area contributed by atoms with Gasteiger partial charge >= 0.3 is 19.8 Å². The number of allylic oxidation sites excluding steroid dienone is 8. The largest absolute Gasteiger partial charge is 0.472 e. The normalized spacial score (nSPS) is 14.3. The molecule has 0 aliphatic heterocycles. The molecule has 58 heavy (non-hydrogen) atoms. The Morgan fingerprint density at radius 3 is 1.76 bits per heavy atom. The molecule has 0 aliphatic rings. The second-order valence-electron chi connectivity index (χ2n) is 15.6. The zero-order valence-corrected chi connectivity index (χ0v) is 37.3. The summed E-state index contributed by atoms with van der Waals surface area (Å²) < 4.78 is 32.6. The summed E-state index contributed by atoms with van der Waals surface area (Å²) in [6, 6.07) is 0. The predicted molar refractivity (Wildman–Crippen MR) is 233 cm³/mol. The molecule has 0 spiro atoms. The van der Waals surface area contributed by atoms with Crippen molar-refractivity contribution in [2.45, 2.75) is 193 Å². The van der Waals surface area contributed by atoms with Gasteiger partial charge in [-0.3, -0.25) is 23.4 Å². The van der Waals surface area contributed by atoms with Crippen molar-refractivity contribution in [3.05, 3.63) is 48.6 Å². The van der Waals surface area contributed by atoms with Crippen LogP contribution < -0.4 is 0 Å². The van der Waals surface area contributed by atoms with E-state index in [0.29, 0.717) is 25.7 Å². The molecule has 1 unspecified atom stereocenters. The minimum absolute atomic E-state index is 0.0820. The summed E-state index contributed by atoms with van der Waals surface area (Å²) in [4.78, 5) is 46.7. The lowest BCUT2D eigenvalue weighted by Gasteiger charge is -2.20. The second-order valence-corrected chi connectivity index (χ2v) is 17.0. The Balaban J connectivity index is 4.40. The van der Waals surface area contributed by atoms with E-state index in [4.69, 9.17) is 19.1 Å². The SMILES string of the molecule is CCCCCC(=O)/C=C/C=C\C/C=C\C/C=C\CCCC(=O)O[C@H](COC(=O)CCCCCCCCCCCCCCCCC(C)C)COP(=O)(O)OC[C@@H](O)CO. The fraction of sp³-hybridized carbons (Fsp3) is 0.761. The van der Waals surface area contributed by atoms with Crippen molar-refractivity contribution in [1.29, 1.82) is 0 Å². The average Bonchev–Trinajstić information content (AvgIpc) is 3.19. The standard InChI is InChI=1S/C46H81O11P/c1-4-5-27-33-42(48)34-29-24-20-16-12-10-14-18-22-26-31-36-46(51)57-44(40-56-58(52,53)55-38-43(49)37-47)39-54-45(50)35-30-25-21-17-13-9-7-6-8-11-15-19-23-28-32-41(2)3/h10,12,18,20,22,24,29,34,41,43-44,47,49H,4-9,11,13-17,19,21,23,25-28,30-33,35-40H2,1-3H3,(H,52,53)/b12-10-,22-18-,24-20-,34-29+/t43-,44+/m0/s1. The number of carbonyl (C=O) groups excluding carboxylic acids is 3. The summed E-state index contributed by atoms with van der Waals surface area (Å²) in [7, 11) is -4.65. The van der Waals surface area contributed by atoms with Crippen LogP contribution in [0.3, 0.4) is 0 Å². The minimum Gasteiger partial charge on any atom is -0.462 e. The van der Waals surface area contributed by atoms with Gasteiger partial charge in [0.05, 0.1) is 19.8 Å². The molecule has 0 amide bonds. The third-order valence-electron chi connectivity index (χ3n) is 9.39. The van der Waals surface area contributed by atoms with Crippen LogP contribution in [0.2, 0.25) is 0 Å². The average molecular weight is 841 g/mol.